The highest BCUT2D eigenvalue weighted by Gasteiger charge is 2.30. The molecule has 0 spiro atoms. The van der Waals surface area contributed by atoms with Crippen molar-refractivity contribution in [2.75, 3.05) is 22.4 Å². The van der Waals surface area contributed by atoms with E-state index >= 15 is 0 Å². The minimum atomic E-state index is -4.53. The SMILES string of the molecule is Cc1ccccc1NC(=O)CN(c1ccc(C(F)(F)F)cc1)S(C)(=O)=O. The minimum Gasteiger partial charge on any atom is -0.324 e. The first-order chi connectivity index (χ1) is 12.0. The van der Waals surface area contributed by atoms with Crippen molar-refractivity contribution < 1.29 is 26.4 Å². The maximum atomic E-state index is 12.6. The number of para-hydroxylation sites is 1. The fourth-order valence-corrected chi connectivity index (χ4v) is 3.11. The second-order valence-electron chi connectivity index (χ2n) is 5.68. The van der Waals surface area contributed by atoms with Crippen molar-refractivity contribution in [1.82, 2.24) is 0 Å². The Hall–Kier alpha value is -2.55. The minimum absolute atomic E-state index is 0.0274. The number of anilines is 2. The van der Waals surface area contributed by atoms with Gasteiger partial charge in [-0.05, 0) is 42.8 Å². The first-order valence-corrected chi connectivity index (χ1v) is 9.34. The molecule has 0 bridgehead atoms. The standard InChI is InChI=1S/C17H17F3N2O3S/c1-12-5-3-4-6-15(12)21-16(23)11-22(26(2,24)25)14-9-7-13(8-10-14)17(18,19)20/h3-10H,11H2,1-2H3,(H,21,23). The van der Waals surface area contributed by atoms with Crippen LogP contribution in [0, 0.1) is 6.92 Å². The van der Waals surface area contributed by atoms with Gasteiger partial charge < -0.3 is 5.32 Å². The van der Waals surface area contributed by atoms with E-state index in [9.17, 15) is 26.4 Å². The van der Waals surface area contributed by atoms with E-state index in [-0.39, 0.29) is 5.69 Å². The summed E-state index contributed by atoms with van der Waals surface area (Å²) in [7, 11) is -3.87. The van der Waals surface area contributed by atoms with E-state index in [1.165, 1.54) is 0 Å². The summed E-state index contributed by atoms with van der Waals surface area (Å²) >= 11 is 0. The highest BCUT2D eigenvalue weighted by Crippen LogP contribution is 2.31. The van der Waals surface area contributed by atoms with E-state index < -0.39 is 34.2 Å². The van der Waals surface area contributed by atoms with Crippen LogP contribution >= 0.6 is 0 Å². The van der Waals surface area contributed by atoms with Gasteiger partial charge in [0.2, 0.25) is 15.9 Å². The zero-order valence-corrected chi connectivity index (χ0v) is 14.9. The second kappa shape index (κ2) is 7.36. The molecule has 0 aliphatic heterocycles. The predicted octanol–water partition coefficient (Wildman–Crippen LogP) is 3.42. The van der Waals surface area contributed by atoms with Gasteiger partial charge in [0, 0.05) is 5.69 Å². The molecule has 0 fully saturated rings. The lowest BCUT2D eigenvalue weighted by Crippen LogP contribution is -2.37. The molecule has 2 aromatic rings. The van der Waals surface area contributed by atoms with Crippen LogP contribution in [0.15, 0.2) is 48.5 Å². The summed E-state index contributed by atoms with van der Waals surface area (Å²) in [5.74, 6) is -0.607. The maximum absolute atomic E-state index is 12.6. The van der Waals surface area contributed by atoms with Gasteiger partial charge in [0.05, 0.1) is 17.5 Å². The number of carbonyl (C=O) groups excluding carboxylic acids is 1. The number of amides is 1. The molecule has 5 nitrogen and oxygen atoms in total. The monoisotopic (exact) mass is 386 g/mol. The topological polar surface area (TPSA) is 66.5 Å². The van der Waals surface area contributed by atoms with Crippen LogP contribution in [-0.4, -0.2) is 27.1 Å². The molecule has 0 unspecified atom stereocenters. The fraction of sp³-hybridized carbons (Fsp3) is 0.235. The molecule has 140 valence electrons. The molecule has 1 N–H and O–H groups in total. The molecular weight excluding hydrogens is 369 g/mol. The van der Waals surface area contributed by atoms with Gasteiger partial charge in [-0.25, -0.2) is 8.42 Å². The van der Waals surface area contributed by atoms with Crippen LogP contribution in [0.3, 0.4) is 0 Å². The highest BCUT2D eigenvalue weighted by atomic mass is 32.2. The van der Waals surface area contributed by atoms with Gasteiger partial charge >= 0.3 is 6.18 Å². The summed E-state index contributed by atoms with van der Waals surface area (Å²) in [6, 6.07) is 10.5. The summed E-state index contributed by atoms with van der Waals surface area (Å²) in [6.07, 6.45) is -3.65. The summed E-state index contributed by atoms with van der Waals surface area (Å²) in [5, 5.41) is 2.59. The number of aryl methyl sites for hydroxylation is 1. The van der Waals surface area contributed by atoms with E-state index in [2.05, 4.69) is 5.32 Å². The van der Waals surface area contributed by atoms with Crippen molar-refractivity contribution in [3.63, 3.8) is 0 Å². The molecule has 0 aliphatic rings. The number of hydrogen-bond donors (Lipinski definition) is 1. The molecule has 0 radical (unpaired) electrons. The van der Waals surface area contributed by atoms with Gasteiger partial charge in [0.1, 0.15) is 6.54 Å². The first-order valence-electron chi connectivity index (χ1n) is 7.49. The molecule has 0 heterocycles. The van der Waals surface area contributed by atoms with Gasteiger partial charge in [-0.2, -0.15) is 13.2 Å². The van der Waals surface area contributed by atoms with Gasteiger partial charge in [-0.1, -0.05) is 18.2 Å². The van der Waals surface area contributed by atoms with Gasteiger partial charge in [0.15, 0.2) is 0 Å². The van der Waals surface area contributed by atoms with Crippen LogP contribution in [0.2, 0.25) is 0 Å². The zero-order valence-electron chi connectivity index (χ0n) is 14.0. The normalized spacial score (nSPS) is 11.9. The number of benzene rings is 2. The number of rotatable bonds is 5. The Morgan fingerprint density at radius 2 is 1.65 bits per heavy atom. The average Bonchev–Trinajstić information content (AvgIpc) is 2.53. The third kappa shape index (κ3) is 4.98. The molecule has 2 aromatic carbocycles. The highest BCUT2D eigenvalue weighted by molar-refractivity contribution is 7.92. The predicted molar refractivity (Wildman–Crippen MR) is 93.4 cm³/mol. The average molecular weight is 386 g/mol. The second-order valence-corrected chi connectivity index (χ2v) is 7.58. The summed E-state index contributed by atoms with van der Waals surface area (Å²) in [5.41, 5.74) is 0.388. The van der Waals surface area contributed by atoms with Crippen LogP contribution in [0.1, 0.15) is 11.1 Å². The van der Waals surface area contributed by atoms with Crippen LogP contribution in [0.25, 0.3) is 0 Å². The quantitative estimate of drug-likeness (QED) is 0.856. The fourth-order valence-electron chi connectivity index (χ4n) is 2.25. The lowest BCUT2D eigenvalue weighted by molar-refractivity contribution is -0.137. The molecule has 2 rings (SSSR count). The van der Waals surface area contributed by atoms with E-state index in [1.807, 2.05) is 0 Å². The van der Waals surface area contributed by atoms with Crippen LogP contribution in [0.4, 0.5) is 24.5 Å². The van der Waals surface area contributed by atoms with Gasteiger partial charge in [0.25, 0.3) is 0 Å². The Labute approximate surface area is 149 Å². The Kier molecular flexibility index (Phi) is 5.60. The third-order valence-electron chi connectivity index (χ3n) is 3.59. The van der Waals surface area contributed by atoms with E-state index in [0.717, 1.165) is 40.4 Å². The van der Waals surface area contributed by atoms with E-state index in [4.69, 9.17) is 0 Å². The lowest BCUT2D eigenvalue weighted by atomic mass is 10.2. The molecule has 0 saturated carbocycles. The Morgan fingerprint density at radius 3 is 2.15 bits per heavy atom. The van der Waals surface area contributed by atoms with Gasteiger partial charge in [-0.3, -0.25) is 9.10 Å². The van der Waals surface area contributed by atoms with E-state index in [1.54, 1.807) is 31.2 Å². The molecule has 9 heteroatoms. The van der Waals surface area contributed by atoms with Crippen LogP contribution in [0.5, 0.6) is 0 Å². The number of hydrogen-bond acceptors (Lipinski definition) is 3. The number of sulfonamides is 1. The number of carbonyl (C=O) groups is 1. The Morgan fingerprint density at radius 1 is 1.08 bits per heavy atom. The molecule has 1 amide bonds. The lowest BCUT2D eigenvalue weighted by Gasteiger charge is -2.22. The van der Waals surface area contributed by atoms with Crippen LogP contribution in [-0.2, 0) is 21.0 Å². The van der Waals surface area contributed by atoms with Crippen LogP contribution < -0.4 is 9.62 Å². The van der Waals surface area contributed by atoms with Crippen molar-refractivity contribution >= 4 is 27.3 Å². The summed E-state index contributed by atoms with van der Waals surface area (Å²) < 4.78 is 62.7. The zero-order chi connectivity index (χ0) is 19.5. The van der Waals surface area contributed by atoms with Crippen molar-refractivity contribution in [3.8, 4) is 0 Å². The largest absolute Gasteiger partial charge is 0.416 e. The first kappa shape index (κ1) is 19.8. The van der Waals surface area contributed by atoms with Crippen molar-refractivity contribution in [1.29, 1.82) is 0 Å². The number of halogens is 3. The van der Waals surface area contributed by atoms with E-state index in [0.29, 0.717) is 5.69 Å². The Bertz CT molecular complexity index is 894. The third-order valence-corrected chi connectivity index (χ3v) is 4.73. The summed E-state index contributed by atoms with van der Waals surface area (Å²) in [4.78, 5) is 12.2. The van der Waals surface area contributed by atoms with Crippen molar-refractivity contribution in [3.05, 3.63) is 59.7 Å². The Balaban J connectivity index is 2.23. The molecular formula is C17H17F3N2O3S. The molecule has 0 aromatic heterocycles. The number of nitrogens with zero attached hydrogens (tertiary/aromatic N) is 1. The molecule has 0 saturated heterocycles. The molecule has 0 atom stereocenters. The molecule has 26 heavy (non-hydrogen) atoms. The van der Waals surface area contributed by atoms with Gasteiger partial charge in [-0.15, -0.1) is 0 Å². The van der Waals surface area contributed by atoms with Crippen molar-refractivity contribution in [2.45, 2.75) is 13.1 Å². The molecule has 0 aliphatic carbocycles. The van der Waals surface area contributed by atoms with Crippen molar-refractivity contribution in [2.24, 2.45) is 0 Å². The summed E-state index contributed by atoms with van der Waals surface area (Å²) in [6.45, 7) is 1.22. The maximum Gasteiger partial charge on any atom is 0.416 e. The smallest absolute Gasteiger partial charge is 0.324 e. The number of alkyl halides is 3. The number of nitrogens with one attached hydrogen (secondary N) is 1.